The van der Waals surface area contributed by atoms with E-state index in [4.69, 9.17) is 14.6 Å². The Morgan fingerprint density at radius 2 is 1.83 bits per heavy atom. The summed E-state index contributed by atoms with van der Waals surface area (Å²) in [6.07, 6.45) is -5.36. The van der Waals surface area contributed by atoms with E-state index in [1.54, 1.807) is 0 Å². The predicted molar refractivity (Wildman–Crippen MR) is 78.7 cm³/mol. The summed E-state index contributed by atoms with van der Waals surface area (Å²) in [7, 11) is 0. The van der Waals surface area contributed by atoms with Gasteiger partial charge in [0.1, 0.15) is 24.4 Å². The first-order chi connectivity index (χ1) is 11.3. The molecule has 1 aromatic rings. The number of phenols is 2. The van der Waals surface area contributed by atoms with E-state index in [1.165, 1.54) is 24.3 Å². The van der Waals surface area contributed by atoms with Crippen LogP contribution in [0.2, 0.25) is 0 Å². The molecular weight excluding hydrogens is 324 g/mol. The summed E-state index contributed by atoms with van der Waals surface area (Å²) < 4.78 is 9.87. The van der Waals surface area contributed by atoms with Gasteiger partial charge in [0.05, 0.1) is 6.61 Å². The maximum atomic E-state index is 11.7. The third-order valence-corrected chi connectivity index (χ3v) is 3.49. The molecule has 24 heavy (non-hydrogen) atoms. The maximum absolute atomic E-state index is 11.7. The fourth-order valence-electron chi connectivity index (χ4n) is 2.13. The Morgan fingerprint density at radius 1 is 1.12 bits per heavy atom. The molecule has 1 aliphatic heterocycles. The van der Waals surface area contributed by atoms with E-state index in [1.807, 2.05) is 0 Å². The number of esters is 1. The molecule has 0 aliphatic carbocycles. The molecule has 0 aromatic heterocycles. The van der Waals surface area contributed by atoms with Crippen molar-refractivity contribution >= 4 is 12.0 Å². The van der Waals surface area contributed by atoms with Crippen LogP contribution in [0.15, 0.2) is 24.3 Å². The van der Waals surface area contributed by atoms with Crippen LogP contribution in [0.4, 0.5) is 0 Å². The molecule has 2 rings (SSSR count). The summed E-state index contributed by atoms with van der Waals surface area (Å²) in [6.45, 7) is -0.637. The molecule has 1 saturated heterocycles. The number of carbonyl (C=O) groups is 1. The van der Waals surface area contributed by atoms with Crippen LogP contribution in [0.3, 0.4) is 0 Å². The zero-order chi connectivity index (χ0) is 17.9. The summed E-state index contributed by atoms with van der Waals surface area (Å²) >= 11 is 0. The highest BCUT2D eigenvalue weighted by Gasteiger charge is 2.45. The highest BCUT2D eigenvalue weighted by molar-refractivity contribution is 5.87. The molecule has 9 nitrogen and oxygen atoms in total. The van der Waals surface area contributed by atoms with Gasteiger partial charge in [-0.05, 0) is 23.8 Å². The molecule has 1 fully saturated rings. The second-order valence-corrected chi connectivity index (χ2v) is 5.22. The van der Waals surface area contributed by atoms with Gasteiger partial charge in [0.2, 0.25) is 6.29 Å². The zero-order valence-corrected chi connectivity index (χ0v) is 12.4. The minimum atomic E-state index is -1.68. The quantitative estimate of drug-likeness (QED) is 0.217. The molecule has 1 heterocycles. The molecular formula is C15H18O9. The van der Waals surface area contributed by atoms with Crippen LogP contribution in [0, 0.1) is 0 Å². The number of rotatable bonds is 4. The van der Waals surface area contributed by atoms with Crippen LogP contribution in [0.25, 0.3) is 6.08 Å². The van der Waals surface area contributed by atoms with E-state index in [9.17, 15) is 30.3 Å². The van der Waals surface area contributed by atoms with Gasteiger partial charge in [0.25, 0.3) is 0 Å². The topological polar surface area (TPSA) is 157 Å². The van der Waals surface area contributed by atoms with E-state index in [2.05, 4.69) is 0 Å². The van der Waals surface area contributed by atoms with E-state index in [0.29, 0.717) is 5.56 Å². The highest BCUT2D eigenvalue weighted by Crippen LogP contribution is 2.25. The summed E-state index contributed by atoms with van der Waals surface area (Å²) in [4.78, 5) is 11.7. The Kier molecular flexibility index (Phi) is 5.75. The minimum absolute atomic E-state index is 0.309. The van der Waals surface area contributed by atoms with Crippen LogP contribution in [-0.4, -0.2) is 73.9 Å². The van der Waals surface area contributed by atoms with Crippen molar-refractivity contribution in [2.75, 3.05) is 6.61 Å². The third-order valence-electron chi connectivity index (χ3n) is 3.49. The molecule has 1 aliphatic rings. The van der Waals surface area contributed by atoms with Crippen LogP contribution < -0.4 is 0 Å². The lowest BCUT2D eigenvalue weighted by atomic mass is 9.99. The number of carbonyl (C=O) groups excluding carboxylic acids is 1. The van der Waals surface area contributed by atoms with Gasteiger partial charge in [0, 0.05) is 6.08 Å². The van der Waals surface area contributed by atoms with Crippen molar-refractivity contribution in [1.29, 1.82) is 0 Å². The summed E-state index contributed by atoms with van der Waals surface area (Å²) in [6, 6.07) is 3.89. The van der Waals surface area contributed by atoms with E-state index in [0.717, 1.165) is 6.08 Å². The number of hydrogen-bond donors (Lipinski definition) is 6. The fourth-order valence-corrected chi connectivity index (χ4v) is 2.13. The Bertz CT molecular complexity index is 613. The van der Waals surface area contributed by atoms with E-state index >= 15 is 0 Å². The Labute approximate surface area is 136 Å². The number of phenolic OH excluding ortho intramolecular Hbond substituents is 2. The van der Waals surface area contributed by atoms with Crippen LogP contribution in [-0.2, 0) is 14.3 Å². The average Bonchev–Trinajstić information content (AvgIpc) is 2.56. The van der Waals surface area contributed by atoms with Gasteiger partial charge in [-0.3, -0.25) is 0 Å². The number of benzene rings is 1. The first kappa shape index (κ1) is 18.2. The minimum Gasteiger partial charge on any atom is -0.504 e. The summed E-state index contributed by atoms with van der Waals surface area (Å²) in [5.41, 5.74) is 0.399. The lowest BCUT2D eigenvalue weighted by molar-refractivity contribution is -0.291. The Morgan fingerprint density at radius 3 is 2.46 bits per heavy atom. The van der Waals surface area contributed by atoms with Gasteiger partial charge in [-0.25, -0.2) is 4.79 Å². The predicted octanol–water partition coefficient (Wildman–Crippen LogP) is -1.55. The van der Waals surface area contributed by atoms with E-state index < -0.39 is 43.3 Å². The lowest BCUT2D eigenvalue weighted by Crippen LogP contribution is -2.59. The molecule has 1 aromatic carbocycles. The number of aliphatic hydroxyl groups excluding tert-OH is 4. The largest absolute Gasteiger partial charge is 0.504 e. The number of aromatic hydroxyl groups is 2. The zero-order valence-electron chi connectivity index (χ0n) is 12.4. The normalized spacial score (nSPS) is 30.4. The monoisotopic (exact) mass is 342 g/mol. The first-order valence-electron chi connectivity index (χ1n) is 7.04. The van der Waals surface area contributed by atoms with Crippen LogP contribution >= 0.6 is 0 Å². The first-order valence-corrected chi connectivity index (χ1v) is 7.04. The lowest BCUT2D eigenvalue weighted by Gasteiger charge is -2.38. The fraction of sp³-hybridized carbons (Fsp3) is 0.400. The SMILES string of the molecule is O=C(/C=C/c1ccc(O)c(O)c1)O[C@@H]1OC(CO)[C@@H](O)C(O)[C@@H]1O. The molecule has 2 unspecified atom stereocenters. The van der Waals surface area contributed by atoms with Gasteiger partial charge in [-0.1, -0.05) is 6.07 Å². The Hall–Kier alpha value is -2.17. The molecule has 132 valence electrons. The standard InChI is InChI=1S/C15H18O9/c16-6-10-12(20)13(21)14(22)15(23-10)24-11(19)4-2-7-1-3-8(17)9(18)5-7/h1-5,10,12-18,20-22H,6H2/b4-2+/t10?,12-,13?,14+,15+/m1/s1. The van der Waals surface area contributed by atoms with Gasteiger partial charge < -0.3 is 40.1 Å². The van der Waals surface area contributed by atoms with Gasteiger partial charge in [-0.2, -0.15) is 0 Å². The van der Waals surface area contributed by atoms with Gasteiger partial charge in [-0.15, -0.1) is 0 Å². The Balaban J connectivity index is 2.00. The molecule has 0 amide bonds. The second kappa shape index (κ2) is 7.60. The van der Waals surface area contributed by atoms with Crippen molar-refractivity contribution in [2.24, 2.45) is 0 Å². The second-order valence-electron chi connectivity index (χ2n) is 5.22. The van der Waals surface area contributed by atoms with Crippen molar-refractivity contribution in [3.63, 3.8) is 0 Å². The summed E-state index contributed by atoms with van der Waals surface area (Å²) in [5.74, 6) is -1.60. The number of hydrogen-bond acceptors (Lipinski definition) is 9. The van der Waals surface area contributed by atoms with Crippen molar-refractivity contribution in [1.82, 2.24) is 0 Å². The maximum Gasteiger partial charge on any atom is 0.333 e. The van der Waals surface area contributed by atoms with Crippen molar-refractivity contribution < 1.29 is 44.9 Å². The van der Waals surface area contributed by atoms with Gasteiger partial charge >= 0.3 is 5.97 Å². The van der Waals surface area contributed by atoms with Crippen molar-refractivity contribution in [3.8, 4) is 11.5 Å². The molecule has 6 N–H and O–H groups in total. The number of aliphatic hydroxyl groups is 4. The highest BCUT2D eigenvalue weighted by atomic mass is 16.7. The van der Waals surface area contributed by atoms with E-state index in [-0.39, 0.29) is 11.5 Å². The molecule has 0 spiro atoms. The molecule has 0 radical (unpaired) electrons. The summed E-state index contributed by atoms with van der Waals surface area (Å²) in [5, 5.41) is 56.5. The molecule has 9 heteroatoms. The average molecular weight is 342 g/mol. The smallest absolute Gasteiger partial charge is 0.333 e. The number of ether oxygens (including phenoxy) is 2. The van der Waals surface area contributed by atoms with Crippen LogP contribution in [0.5, 0.6) is 11.5 Å². The molecule has 5 atom stereocenters. The van der Waals surface area contributed by atoms with Crippen molar-refractivity contribution in [3.05, 3.63) is 29.8 Å². The van der Waals surface area contributed by atoms with Crippen LogP contribution in [0.1, 0.15) is 5.56 Å². The molecule has 0 bridgehead atoms. The molecule has 0 saturated carbocycles. The van der Waals surface area contributed by atoms with Gasteiger partial charge in [0.15, 0.2) is 11.5 Å². The van der Waals surface area contributed by atoms with Crippen molar-refractivity contribution in [2.45, 2.75) is 30.7 Å². The third kappa shape index (κ3) is 4.02.